The summed E-state index contributed by atoms with van der Waals surface area (Å²) < 4.78 is 10.4. The lowest BCUT2D eigenvalue weighted by Crippen LogP contribution is -2.14. The lowest BCUT2D eigenvalue weighted by atomic mass is 10.1. The molecule has 3 aromatic rings. The zero-order valence-electron chi connectivity index (χ0n) is 17.1. The van der Waals surface area contributed by atoms with Crippen LogP contribution in [0.25, 0.3) is 0 Å². The van der Waals surface area contributed by atoms with Crippen molar-refractivity contribution in [2.45, 2.75) is 32.6 Å². The van der Waals surface area contributed by atoms with E-state index in [1.54, 1.807) is 32.4 Å². The number of rotatable bonds is 9. The van der Waals surface area contributed by atoms with Crippen molar-refractivity contribution in [3.63, 3.8) is 0 Å². The van der Waals surface area contributed by atoms with E-state index < -0.39 is 0 Å². The smallest absolute Gasteiger partial charge is 0.255 e. The van der Waals surface area contributed by atoms with Crippen LogP contribution in [0.15, 0.2) is 48.5 Å². The van der Waals surface area contributed by atoms with Gasteiger partial charge in [-0.3, -0.25) is 9.89 Å². The van der Waals surface area contributed by atoms with Crippen molar-refractivity contribution in [3.8, 4) is 11.5 Å². The second-order valence-corrected chi connectivity index (χ2v) is 6.81. The number of carbonyl (C=O) groups is 1. The van der Waals surface area contributed by atoms with E-state index in [1.165, 1.54) is 5.56 Å². The van der Waals surface area contributed by atoms with Gasteiger partial charge in [-0.15, -0.1) is 0 Å². The molecule has 0 saturated heterocycles. The number of hydrogen-bond acceptors (Lipinski definition) is 4. The van der Waals surface area contributed by atoms with Crippen LogP contribution in [0.2, 0.25) is 0 Å². The Labute approximate surface area is 171 Å². The number of amides is 1. The van der Waals surface area contributed by atoms with Gasteiger partial charge in [-0.25, -0.2) is 0 Å². The van der Waals surface area contributed by atoms with Gasteiger partial charge in [-0.05, 0) is 55.2 Å². The van der Waals surface area contributed by atoms with Crippen molar-refractivity contribution in [2.75, 3.05) is 19.5 Å². The van der Waals surface area contributed by atoms with E-state index in [-0.39, 0.29) is 5.91 Å². The Kier molecular flexibility index (Phi) is 6.89. The molecule has 6 heteroatoms. The molecule has 3 rings (SSSR count). The summed E-state index contributed by atoms with van der Waals surface area (Å²) in [5.74, 6) is 1.32. The average Bonchev–Trinajstić information content (AvgIpc) is 3.14. The first kappa shape index (κ1) is 20.5. The Balaban J connectivity index is 1.77. The van der Waals surface area contributed by atoms with Crippen molar-refractivity contribution in [1.29, 1.82) is 0 Å². The molecule has 0 aliphatic heterocycles. The zero-order chi connectivity index (χ0) is 20.6. The van der Waals surface area contributed by atoms with Gasteiger partial charge in [0, 0.05) is 5.56 Å². The largest absolute Gasteiger partial charge is 0.497 e. The minimum atomic E-state index is -0.173. The van der Waals surface area contributed by atoms with E-state index in [4.69, 9.17) is 9.47 Å². The van der Waals surface area contributed by atoms with Crippen LogP contribution >= 0.6 is 0 Å². The number of aromatic amines is 1. The molecule has 0 fully saturated rings. The van der Waals surface area contributed by atoms with E-state index >= 15 is 0 Å². The molecule has 29 heavy (non-hydrogen) atoms. The third-order valence-corrected chi connectivity index (χ3v) is 4.80. The minimum Gasteiger partial charge on any atom is -0.497 e. The van der Waals surface area contributed by atoms with E-state index in [0.29, 0.717) is 11.3 Å². The van der Waals surface area contributed by atoms with Crippen molar-refractivity contribution in [3.05, 3.63) is 71.0 Å². The van der Waals surface area contributed by atoms with E-state index in [2.05, 4.69) is 22.4 Å². The van der Waals surface area contributed by atoms with Gasteiger partial charge in [-0.2, -0.15) is 5.10 Å². The highest BCUT2D eigenvalue weighted by Crippen LogP contribution is 2.24. The first-order valence-corrected chi connectivity index (χ1v) is 9.79. The lowest BCUT2D eigenvalue weighted by molar-refractivity contribution is 0.102. The predicted molar refractivity (Wildman–Crippen MR) is 114 cm³/mol. The number of aromatic nitrogens is 2. The Morgan fingerprint density at radius 1 is 1.00 bits per heavy atom. The summed E-state index contributed by atoms with van der Waals surface area (Å²) in [4.78, 5) is 12.8. The molecule has 0 radical (unpaired) electrons. The highest BCUT2D eigenvalue weighted by atomic mass is 16.5. The summed E-state index contributed by atoms with van der Waals surface area (Å²) in [5.41, 5.74) is 4.34. The van der Waals surface area contributed by atoms with Gasteiger partial charge in [0.1, 0.15) is 11.5 Å². The summed E-state index contributed by atoms with van der Waals surface area (Å²) in [5, 5.41) is 10.6. The van der Waals surface area contributed by atoms with Crippen LogP contribution in [-0.2, 0) is 19.3 Å². The van der Waals surface area contributed by atoms with Crippen LogP contribution in [0.3, 0.4) is 0 Å². The molecule has 1 aromatic heterocycles. The minimum absolute atomic E-state index is 0.173. The number of hydrogen-bond donors (Lipinski definition) is 2. The average molecular weight is 393 g/mol. The summed E-state index contributed by atoms with van der Waals surface area (Å²) in [7, 11) is 3.25. The molecule has 0 bridgehead atoms. The van der Waals surface area contributed by atoms with Gasteiger partial charge in [0.2, 0.25) is 0 Å². The summed E-state index contributed by atoms with van der Waals surface area (Å²) in [6.45, 7) is 2.10. The molecule has 0 aliphatic rings. The molecule has 0 atom stereocenters. The van der Waals surface area contributed by atoms with Gasteiger partial charge < -0.3 is 14.8 Å². The highest BCUT2D eigenvalue weighted by Gasteiger charge is 2.17. The molecule has 0 saturated carbocycles. The lowest BCUT2D eigenvalue weighted by Gasteiger charge is -2.09. The van der Waals surface area contributed by atoms with Crippen LogP contribution in [-0.4, -0.2) is 30.3 Å². The topological polar surface area (TPSA) is 76.2 Å². The third-order valence-electron chi connectivity index (χ3n) is 4.80. The fourth-order valence-corrected chi connectivity index (χ4v) is 3.19. The molecule has 1 amide bonds. The van der Waals surface area contributed by atoms with Gasteiger partial charge in [0.25, 0.3) is 5.91 Å². The van der Waals surface area contributed by atoms with Crippen molar-refractivity contribution in [2.24, 2.45) is 0 Å². The Morgan fingerprint density at radius 2 is 1.76 bits per heavy atom. The maximum Gasteiger partial charge on any atom is 0.255 e. The SMILES string of the molecule is CCCc1[nH]nc(CCc2ccc(OC)cc2)c1NC(=O)c1cccc(OC)c1. The molecule has 152 valence electrons. The molecule has 6 nitrogen and oxygen atoms in total. The number of aryl methyl sites for hydroxylation is 3. The molecular weight excluding hydrogens is 366 g/mol. The third kappa shape index (κ3) is 5.16. The molecule has 0 aliphatic carbocycles. The highest BCUT2D eigenvalue weighted by molar-refractivity contribution is 6.05. The Hall–Kier alpha value is -3.28. The number of benzene rings is 2. The van der Waals surface area contributed by atoms with Crippen molar-refractivity contribution in [1.82, 2.24) is 10.2 Å². The first-order valence-electron chi connectivity index (χ1n) is 9.79. The number of carbonyl (C=O) groups excluding carboxylic acids is 1. The number of methoxy groups -OCH3 is 2. The number of H-pyrrole nitrogens is 1. The molecule has 1 heterocycles. The first-order chi connectivity index (χ1) is 14.1. The molecule has 0 spiro atoms. The number of anilines is 1. The molecule has 0 unspecified atom stereocenters. The summed E-state index contributed by atoms with van der Waals surface area (Å²) in [6.07, 6.45) is 3.33. The van der Waals surface area contributed by atoms with Gasteiger partial charge >= 0.3 is 0 Å². The van der Waals surface area contributed by atoms with E-state index in [1.807, 2.05) is 30.3 Å². The van der Waals surface area contributed by atoms with Gasteiger partial charge in [0.05, 0.1) is 31.3 Å². The Bertz CT molecular complexity index is 948. The van der Waals surface area contributed by atoms with Crippen molar-refractivity contribution >= 4 is 11.6 Å². The number of nitrogens with zero attached hydrogens (tertiary/aromatic N) is 1. The zero-order valence-corrected chi connectivity index (χ0v) is 17.1. The van der Waals surface area contributed by atoms with Crippen LogP contribution < -0.4 is 14.8 Å². The van der Waals surface area contributed by atoms with Gasteiger partial charge in [0.15, 0.2) is 0 Å². The maximum absolute atomic E-state index is 12.8. The summed E-state index contributed by atoms with van der Waals surface area (Å²) in [6, 6.07) is 15.1. The number of nitrogens with one attached hydrogen (secondary N) is 2. The van der Waals surface area contributed by atoms with Gasteiger partial charge in [-0.1, -0.05) is 31.5 Å². The second-order valence-electron chi connectivity index (χ2n) is 6.81. The fourth-order valence-electron chi connectivity index (χ4n) is 3.19. The van der Waals surface area contributed by atoms with Crippen LogP contribution in [0, 0.1) is 0 Å². The fraction of sp³-hybridized carbons (Fsp3) is 0.304. The second kappa shape index (κ2) is 9.78. The molecule has 2 aromatic carbocycles. The maximum atomic E-state index is 12.8. The molecule has 2 N–H and O–H groups in total. The predicted octanol–water partition coefficient (Wildman–Crippen LogP) is 4.42. The van der Waals surface area contributed by atoms with Crippen molar-refractivity contribution < 1.29 is 14.3 Å². The number of ether oxygens (including phenoxy) is 2. The quantitative estimate of drug-likeness (QED) is 0.564. The van der Waals surface area contributed by atoms with Crippen LogP contribution in [0.1, 0.15) is 40.7 Å². The monoisotopic (exact) mass is 393 g/mol. The van der Waals surface area contributed by atoms with Crippen LogP contribution in [0.4, 0.5) is 5.69 Å². The molecular formula is C23H27N3O3. The normalized spacial score (nSPS) is 10.6. The van der Waals surface area contributed by atoms with Crippen LogP contribution in [0.5, 0.6) is 11.5 Å². The summed E-state index contributed by atoms with van der Waals surface area (Å²) >= 11 is 0. The standard InChI is InChI=1S/C23H27N3O3/c1-4-6-20-22(24-23(27)17-7-5-8-19(15-17)29-3)21(26-25-20)14-11-16-9-12-18(28-2)13-10-16/h5,7-10,12-13,15H,4,6,11,14H2,1-3H3,(H,24,27)(H,25,26). The van der Waals surface area contributed by atoms with E-state index in [9.17, 15) is 4.79 Å². The van der Waals surface area contributed by atoms with E-state index in [0.717, 1.165) is 48.5 Å². The Morgan fingerprint density at radius 3 is 2.45 bits per heavy atom.